The number of aromatic nitrogens is 2. The average Bonchev–Trinajstić information content (AvgIpc) is 2.69. The molecule has 1 aromatic heterocycles. The summed E-state index contributed by atoms with van der Waals surface area (Å²) in [4.78, 5) is 0. The summed E-state index contributed by atoms with van der Waals surface area (Å²) in [6.45, 7) is 4.25. The number of hydrogen-bond donors (Lipinski definition) is 1. The van der Waals surface area contributed by atoms with E-state index in [0.717, 1.165) is 0 Å². The zero-order chi connectivity index (χ0) is 12.4. The molecule has 90 valence electrons. The predicted molar refractivity (Wildman–Crippen MR) is 70.9 cm³/mol. The molecule has 1 atom stereocenters. The summed E-state index contributed by atoms with van der Waals surface area (Å²) in [5.74, 6) is 0. The fraction of sp³-hybridized carbons (Fsp3) is 0.357. The lowest BCUT2D eigenvalue weighted by molar-refractivity contribution is 0.652. The van der Waals surface area contributed by atoms with E-state index in [4.69, 9.17) is 0 Å². The molecule has 3 nitrogen and oxygen atoms in total. The molecule has 0 amide bonds. The first-order valence-corrected chi connectivity index (χ1v) is 5.89. The monoisotopic (exact) mass is 229 g/mol. The Balaban J connectivity index is 2.32. The van der Waals surface area contributed by atoms with Crippen LogP contribution >= 0.6 is 0 Å². The molecule has 2 aromatic rings. The number of benzene rings is 1. The molecular weight excluding hydrogens is 210 g/mol. The molecular formula is C14H19N3. The minimum atomic E-state index is 0.388. The van der Waals surface area contributed by atoms with E-state index in [1.807, 2.05) is 25.0 Å². The lowest BCUT2D eigenvalue weighted by atomic mass is 10.0. The average molecular weight is 229 g/mol. The smallest absolute Gasteiger partial charge is 0.0571 e. The Hall–Kier alpha value is -1.61. The molecule has 0 bridgehead atoms. The molecule has 1 unspecified atom stereocenters. The van der Waals surface area contributed by atoms with Crippen molar-refractivity contribution in [3.63, 3.8) is 0 Å². The van der Waals surface area contributed by atoms with Gasteiger partial charge in [0, 0.05) is 24.3 Å². The van der Waals surface area contributed by atoms with Crippen LogP contribution in [0.15, 0.2) is 30.5 Å². The van der Waals surface area contributed by atoms with Crippen LogP contribution in [0.4, 0.5) is 0 Å². The molecule has 1 aromatic carbocycles. The maximum atomic E-state index is 4.27. The molecule has 0 saturated carbocycles. The molecule has 0 aliphatic rings. The second kappa shape index (κ2) is 4.72. The molecule has 0 spiro atoms. The maximum Gasteiger partial charge on any atom is 0.0571 e. The molecule has 1 N–H and O–H groups in total. The van der Waals surface area contributed by atoms with E-state index in [1.54, 1.807) is 0 Å². The van der Waals surface area contributed by atoms with Crippen molar-refractivity contribution in [2.24, 2.45) is 7.05 Å². The van der Waals surface area contributed by atoms with Gasteiger partial charge in [-0.05, 0) is 32.0 Å². The Morgan fingerprint density at radius 2 is 1.88 bits per heavy atom. The van der Waals surface area contributed by atoms with Gasteiger partial charge in [-0.25, -0.2) is 0 Å². The van der Waals surface area contributed by atoms with Gasteiger partial charge in [-0.2, -0.15) is 5.10 Å². The van der Waals surface area contributed by atoms with E-state index in [-0.39, 0.29) is 0 Å². The minimum absolute atomic E-state index is 0.388. The number of nitrogens with zero attached hydrogens (tertiary/aromatic N) is 2. The largest absolute Gasteiger partial charge is 0.313 e. The second-order valence-electron chi connectivity index (χ2n) is 4.40. The van der Waals surface area contributed by atoms with Gasteiger partial charge in [-0.3, -0.25) is 4.68 Å². The quantitative estimate of drug-likeness (QED) is 0.877. The Bertz CT molecular complexity index is 497. The van der Waals surface area contributed by atoms with Crippen molar-refractivity contribution < 1.29 is 0 Å². The number of rotatable bonds is 3. The van der Waals surface area contributed by atoms with Gasteiger partial charge in [0.15, 0.2) is 0 Å². The summed E-state index contributed by atoms with van der Waals surface area (Å²) in [6.07, 6.45) is 1.92. The van der Waals surface area contributed by atoms with E-state index in [1.165, 1.54) is 22.4 Å². The van der Waals surface area contributed by atoms with Crippen molar-refractivity contribution in [1.82, 2.24) is 15.1 Å². The van der Waals surface area contributed by atoms with Crippen LogP contribution in [0, 0.1) is 6.92 Å². The highest BCUT2D eigenvalue weighted by Crippen LogP contribution is 2.24. The highest BCUT2D eigenvalue weighted by molar-refractivity contribution is 5.65. The second-order valence-corrected chi connectivity index (χ2v) is 4.40. The van der Waals surface area contributed by atoms with Crippen molar-refractivity contribution >= 4 is 0 Å². The summed E-state index contributed by atoms with van der Waals surface area (Å²) in [7, 11) is 3.94. The molecule has 0 saturated heterocycles. The molecule has 3 heteroatoms. The van der Waals surface area contributed by atoms with E-state index in [2.05, 4.69) is 48.5 Å². The number of nitrogens with one attached hydrogen (secondary N) is 1. The number of aryl methyl sites for hydroxylation is 1. The van der Waals surface area contributed by atoms with Crippen molar-refractivity contribution in [2.45, 2.75) is 19.9 Å². The van der Waals surface area contributed by atoms with E-state index in [0.29, 0.717) is 6.04 Å². The van der Waals surface area contributed by atoms with Crippen LogP contribution in [0.2, 0.25) is 0 Å². The molecule has 0 aliphatic heterocycles. The highest BCUT2D eigenvalue weighted by atomic mass is 15.3. The standard InChI is InChI=1S/C14H19N3/c1-10(15-3)12-5-7-13(8-6-12)14-9-16-17(4)11(14)2/h5-10,15H,1-4H3. The summed E-state index contributed by atoms with van der Waals surface area (Å²) in [5.41, 5.74) is 4.93. The zero-order valence-electron chi connectivity index (χ0n) is 10.9. The summed E-state index contributed by atoms with van der Waals surface area (Å²) < 4.78 is 1.90. The fourth-order valence-electron chi connectivity index (χ4n) is 1.90. The molecule has 0 radical (unpaired) electrons. The highest BCUT2D eigenvalue weighted by Gasteiger charge is 2.07. The van der Waals surface area contributed by atoms with Gasteiger partial charge in [0.2, 0.25) is 0 Å². The zero-order valence-corrected chi connectivity index (χ0v) is 10.9. The summed E-state index contributed by atoms with van der Waals surface area (Å²) in [5, 5.41) is 7.51. The SMILES string of the molecule is CNC(C)c1ccc(-c2cnn(C)c2C)cc1. The van der Waals surface area contributed by atoms with Crippen LogP contribution in [0.1, 0.15) is 24.2 Å². The van der Waals surface area contributed by atoms with Gasteiger partial charge in [-0.1, -0.05) is 24.3 Å². The lowest BCUT2D eigenvalue weighted by Gasteiger charge is -2.11. The van der Waals surface area contributed by atoms with Crippen molar-refractivity contribution in [3.8, 4) is 11.1 Å². The van der Waals surface area contributed by atoms with Crippen molar-refractivity contribution in [1.29, 1.82) is 0 Å². The van der Waals surface area contributed by atoms with Crippen molar-refractivity contribution in [2.75, 3.05) is 7.05 Å². The van der Waals surface area contributed by atoms with Crippen molar-refractivity contribution in [3.05, 3.63) is 41.7 Å². The van der Waals surface area contributed by atoms with E-state index >= 15 is 0 Å². The summed E-state index contributed by atoms with van der Waals surface area (Å²) >= 11 is 0. The van der Waals surface area contributed by atoms with Crippen LogP contribution in [0.5, 0.6) is 0 Å². The molecule has 2 rings (SSSR count). The topological polar surface area (TPSA) is 29.9 Å². The maximum absolute atomic E-state index is 4.27. The first kappa shape index (κ1) is 11.9. The van der Waals surface area contributed by atoms with Gasteiger partial charge >= 0.3 is 0 Å². The van der Waals surface area contributed by atoms with Crippen LogP contribution in [0.25, 0.3) is 11.1 Å². The first-order chi connectivity index (χ1) is 8.13. The third-order valence-electron chi connectivity index (χ3n) is 3.39. The van der Waals surface area contributed by atoms with E-state index in [9.17, 15) is 0 Å². The van der Waals surface area contributed by atoms with E-state index < -0.39 is 0 Å². The van der Waals surface area contributed by atoms with Gasteiger partial charge in [0.25, 0.3) is 0 Å². The van der Waals surface area contributed by atoms with Gasteiger partial charge in [0.1, 0.15) is 0 Å². The first-order valence-electron chi connectivity index (χ1n) is 5.89. The van der Waals surface area contributed by atoms with Gasteiger partial charge in [0.05, 0.1) is 6.20 Å². The van der Waals surface area contributed by atoms with Crippen LogP contribution in [-0.4, -0.2) is 16.8 Å². The number of hydrogen-bond acceptors (Lipinski definition) is 2. The Morgan fingerprint density at radius 1 is 1.24 bits per heavy atom. The van der Waals surface area contributed by atoms with Gasteiger partial charge in [-0.15, -0.1) is 0 Å². The normalized spacial score (nSPS) is 12.7. The Morgan fingerprint density at radius 3 is 2.35 bits per heavy atom. The molecule has 0 fully saturated rings. The molecule has 17 heavy (non-hydrogen) atoms. The van der Waals surface area contributed by atoms with Crippen LogP contribution < -0.4 is 5.32 Å². The fourth-order valence-corrected chi connectivity index (χ4v) is 1.90. The lowest BCUT2D eigenvalue weighted by Crippen LogP contribution is -2.11. The third-order valence-corrected chi connectivity index (χ3v) is 3.39. The van der Waals surface area contributed by atoms with Crippen LogP contribution in [-0.2, 0) is 7.05 Å². The predicted octanol–water partition coefficient (Wildman–Crippen LogP) is 2.68. The van der Waals surface area contributed by atoms with Gasteiger partial charge < -0.3 is 5.32 Å². The minimum Gasteiger partial charge on any atom is -0.313 e. The molecule has 0 aliphatic carbocycles. The van der Waals surface area contributed by atoms with Crippen LogP contribution in [0.3, 0.4) is 0 Å². The Kier molecular flexibility index (Phi) is 3.29. The molecule has 1 heterocycles. The Labute approximate surface area is 102 Å². The summed E-state index contributed by atoms with van der Waals surface area (Å²) in [6, 6.07) is 9.05. The third kappa shape index (κ3) is 2.24.